The van der Waals surface area contributed by atoms with Crippen LogP contribution in [-0.4, -0.2) is 36.2 Å². The van der Waals surface area contributed by atoms with Gasteiger partial charge >= 0.3 is 0 Å². The summed E-state index contributed by atoms with van der Waals surface area (Å²) in [5.74, 6) is -0.0450. The fourth-order valence-corrected chi connectivity index (χ4v) is 1.37. The van der Waals surface area contributed by atoms with E-state index in [1.807, 2.05) is 0 Å². The van der Waals surface area contributed by atoms with Crippen molar-refractivity contribution in [3.05, 3.63) is 12.7 Å². The Bertz CT molecular complexity index is 188. The predicted octanol–water partition coefficient (Wildman–Crippen LogP) is -0.599. The normalized spacial score (nSPS) is 23.9. The highest BCUT2D eigenvalue weighted by Crippen LogP contribution is 2.04. The van der Waals surface area contributed by atoms with Crippen molar-refractivity contribution in [1.29, 1.82) is 0 Å². The molecule has 0 unspecified atom stereocenters. The SMILES string of the molecule is C=C[C@H](CO)NC(=O)[C@H]1CCCN1. The van der Waals surface area contributed by atoms with Gasteiger partial charge in [-0.3, -0.25) is 4.79 Å². The third kappa shape index (κ3) is 2.82. The van der Waals surface area contributed by atoms with Crippen LogP contribution in [0.2, 0.25) is 0 Å². The van der Waals surface area contributed by atoms with Crippen LogP contribution < -0.4 is 10.6 Å². The van der Waals surface area contributed by atoms with Crippen LogP contribution in [0.5, 0.6) is 0 Å². The molecular formula is C9H16N2O2. The van der Waals surface area contributed by atoms with Gasteiger partial charge in [-0.2, -0.15) is 0 Å². The van der Waals surface area contributed by atoms with Crippen LogP contribution in [-0.2, 0) is 4.79 Å². The quantitative estimate of drug-likeness (QED) is 0.511. The molecule has 74 valence electrons. The zero-order chi connectivity index (χ0) is 9.68. The van der Waals surface area contributed by atoms with Gasteiger partial charge in [0.2, 0.25) is 5.91 Å². The topological polar surface area (TPSA) is 61.4 Å². The Morgan fingerprint density at radius 3 is 3.08 bits per heavy atom. The number of hydrogen-bond donors (Lipinski definition) is 3. The molecule has 0 aromatic heterocycles. The maximum atomic E-state index is 11.4. The minimum absolute atomic E-state index is 0.0450. The lowest BCUT2D eigenvalue weighted by Gasteiger charge is -2.15. The Labute approximate surface area is 78.0 Å². The molecule has 4 heteroatoms. The van der Waals surface area contributed by atoms with Gasteiger partial charge in [0, 0.05) is 0 Å². The zero-order valence-corrected chi connectivity index (χ0v) is 7.62. The van der Waals surface area contributed by atoms with Crippen molar-refractivity contribution >= 4 is 5.91 Å². The van der Waals surface area contributed by atoms with Crippen LogP contribution >= 0.6 is 0 Å². The lowest BCUT2D eigenvalue weighted by molar-refractivity contribution is -0.123. The molecule has 4 nitrogen and oxygen atoms in total. The van der Waals surface area contributed by atoms with E-state index in [0.29, 0.717) is 0 Å². The van der Waals surface area contributed by atoms with Gasteiger partial charge < -0.3 is 15.7 Å². The number of hydrogen-bond acceptors (Lipinski definition) is 3. The van der Waals surface area contributed by atoms with Gasteiger partial charge in [-0.25, -0.2) is 0 Å². The molecule has 0 radical (unpaired) electrons. The first-order valence-corrected chi connectivity index (χ1v) is 4.55. The first-order valence-electron chi connectivity index (χ1n) is 4.55. The van der Waals surface area contributed by atoms with Crippen molar-refractivity contribution in [1.82, 2.24) is 10.6 Å². The van der Waals surface area contributed by atoms with Crippen LogP contribution in [0, 0.1) is 0 Å². The average molecular weight is 184 g/mol. The third-order valence-electron chi connectivity index (χ3n) is 2.19. The summed E-state index contributed by atoms with van der Waals surface area (Å²) >= 11 is 0. The van der Waals surface area contributed by atoms with Crippen molar-refractivity contribution in [2.75, 3.05) is 13.2 Å². The number of carbonyl (C=O) groups excluding carboxylic acids is 1. The van der Waals surface area contributed by atoms with Gasteiger partial charge in [-0.15, -0.1) is 6.58 Å². The maximum absolute atomic E-state index is 11.4. The second-order valence-electron chi connectivity index (χ2n) is 3.18. The van der Waals surface area contributed by atoms with Crippen LogP contribution in [0.1, 0.15) is 12.8 Å². The molecule has 0 saturated carbocycles. The standard InChI is InChI=1S/C9H16N2O2/c1-2-7(6-12)11-9(13)8-4-3-5-10-8/h2,7-8,10,12H,1,3-6H2,(H,11,13)/t7-,8-/m1/s1. The van der Waals surface area contributed by atoms with E-state index in [0.717, 1.165) is 19.4 Å². The first kappa shape index (κ1) is 10.2. The summed E-state index contributed by atoms with van der Waals surface area (Å²) in [5.41, 5.74) is 0. The molecule has 13 heavy (non-hydrogen) atoms. The summed E-state index contributed by atoms with van der Waals surface area (Å²) in [6.07, 6.45) is 3.45. The number of carbonyl (C=O) groups is 1. The number of aliphatic hydroxyl groups excluding tert-OH is 1. The van der Waals surface area contributed by atoms with Gasteiger partial charge in [-0.1, -0.05) is 6.08 Å². The summed E-state index contributed by atoms with van der Waals surface area (Å²) in [6, 6.07) is -0.413. The lowest BCUT2D eigenvalue weighted by Crippen LogP contribution is -2.45. The molecule has 2 atom stereocenters. The second kappa shape index (κ2) is 4.99. The Hall–Kier alpha value is -0.870. The molecule has 0 spiro atoms. The Morgan fingerprint density at radius 2 is 2.62 bits per heavy atom. The molecule has 0 bridgehead atoms. The van der Waals surface area contributed by atoms with E-state index in [2.05, 4.69) is 17.2 Å². The van der Waals surface area contributed by atoms with Crippen molar-refractivity contribution < 1.29 is 9.90 Å². The van der Waals surface area contributed by atoms with Gasteiger partial charge in [0.1, 0.15) is 0 Å². The predicted molar refractivity (Wildman–Crippen MR) is 50.2 cm³/mol. The van der Waals surface area contributed by atoms with Crippen LogP contribution in [0.25, 0.3) is 0 Å². The van der Waals surface area contributed by atoms with E-state index >= 15 is 0 Å². The summed E-state index contributed by atoms with van der Waals surface area (Å²) in [4.78, 5) is 11.4. The number of nitrogens with one attached hydrogen (secondary N) is 2. The highest BCUT2D eigenvalue weighted by atomic mass is 16.3. The molecule has 1 amide bonds. The Morgan fingerprint density at radius 1 is 1.85 bits per heavy atom. The highest BCUT2D eigenvalue weighted by Gasteiger charge is 2.22. The minimum Gasteiger partial charge on any atom is -0.394 e. The van der Waals surface area contributed by atoms with Crippen LogP contribution in [0.15, 0.2) is 12.7 Å². The fraction of sp³-hybridized carbons (Fsp3) is 0.667. The molecule has 0 aliphatic carbocycles. The van der Waals surface area contributed by atoms with Gasteiger partial charge in [-0.05, 0) is 19.4 Å². The lowest BCUT2D eigenvalue weighted by atomic mass is 10.2. The van der Waals surface area contributed by atoms with Gasteiger partial charge in [0.15, 0.2) is 0 Å². The molecule has 1 aliphatic heterocycles. The number of rotatable bonds is 4. The van der Waals surface area contributed by atoms with Crippen molar-refractivity contribution in [2.24, 2.45) is 0 Å². The molecule has 1 fully saturated rings. The fourth-order valence-electron chi connectivity index (χ4n) is 1.37. The second-order valence-corrected chi connectivity index (χ2v) is 3.18. The summed E-state index contributed by atoms with van der Waals surface area (Å²) in [6.45, 7) is 4.32. The van der Waals surface area contributed by atoms with Crippen LogP contribution in [0.4, 0.5) is 0 Å². The number of amides is 1. The van der Waals surface area contributed by atoms with Crippen LogP contribution in [0.3, 0.4) is 0 Å². The van der Waals surface area contributed by atoms with Gasteiger partial charge in [0.25, 0.3) is 0 Å². The molecule has 1 saturated heterocycles. The summed E-state index contributed by atoms with van der Waals surface area (Å²) in [5, 5.41) is 14.6. The van der Waals surface area contributed by atoms with Crippen molar-refractivity contribution in [2.45, 2.75) is 24.9 Å². The molecule has 1 aliphatic rings. The third-order valence-corrected chi connectivity index (χ3v) is 2.19. The molecule has 0 aromatic carbocycles. The molecular weight excluding hydrogens is 168 g/mol. The smallest absolute Gasteiger partial charge is 0.237 e. The largest absolute Gasteiger partial charge is 0.394 e. The van der Waals surface area contributed by atoms with E-state index in [4.69, 9.17) is 5.11 Å². The van der Waals surface area contributed by atoms with E-state index in [-0.39, 0.29) is 24.6 Å². The van der Waals surface area contributed by atoms with Crippen molar-refractivity contribution in [3.8, 4) is 0 Å². The molecule has 1 rings (SSSR count). The maximum Gasteiger partial charge on any atom is 0.237 e. The van der Waals surface area contributed by atoms with E-state index < -0.39 is 0 Å². The minimum atomic E-state index is -0.324. The number of aliphatic hydroxyl groups is 1. The summed E-state index contributed by atoms with van der Waals surface area (Å²) < 4.78 is 0. The van der Waals surface area contributed by atoms with Gasteiger partial charge in [0.05, 0.1) is 18.7 Å². The van der Waals surface area contributed by atoms with E-state index in [9.17, 15) is 4.79 Å². The summed E-state index contributed by atoms with van der Waals surface area (Å²) in [7, 11) is 0. The first-order chi connectivity index (χ1) is 6.27. The monoisotopic (exact) mass is 184 g/mol. The Kier molecular flexibility index (Phi) is 3.92. The van der Waals surface area contributed by atoms with E-state index in [1.165, 1.54) is 6.08 Å². The molecule has 0 aromatic rings. The zero-order valence-electron chi connectivity index (χ0n) is 7.62. The highest BCUT2D eigenvalue weighted by molar-refractivity contribution is 5.82. The average Bonchev–Trinajstić information content (AvgIpc) is 2.66. The van der Waals surface area contributed by atoms with Crippen molar-refractivity contribution in [3.63, 3.8) is 0 Å². The molecule has 1 heterocycles. The van der Waals surface area contributed by atoms with E-state index in [1.54, 1.807) is 0 Å². The molecule has 3 N–H and O–H groups in total. The Balaban J connectivity index is 2.34.